The van der Waals surface area contributed by atoms with E-state index in [-0.39, 0.29) is 35.8 Å². The highest BCUT2D eigenvalue weighted by atomic mass is 127. The van der Waals surface area contributed by atoms with E-state index in [2.05, 4.69) is 20.5 Å². The Bertz CT molecular complexity index is 903. The molecule has 0 aromatic heterocycles. The van der Waals surface area contributed by atoms with Crippen molar-refractivity contribution >= 4 is 41.3 Å². The molecule has 0 spiro atoms. The highest BCUT2D eigenvalue weighted by Gasteiger charge is 2.24. The molecule has 2 aromatic rings. The number of halogens is 2. The molecule has 1 fully saturated rings. The lowest BCUT2D eigenvalue weighted by Gasteiger charge is -2.21. The Morgan fingerprint density at radius 2 is 1.84 bits per heavy atom. The van der Waals surface area contributed by atoms with Crippen molar-refractivity contribution in [2.24, 2.45) is 4.99 Å². The fourth-order valence-corrected chi connectivity index (χ4v) is 3.68. The highest BCUT2D eigenvalue weighted by molar-refractivity contribution is 14.0. The van der Waals surface area contributed by atoms with Gasteiger partial charge in [0.1, 0.15) is 17.3 Å². The summed E-state index contributed by atoms with van der Waals surface area (Å²) in [5.41, 5.74) is 2.51. The van der Waals surface area contributed by atoms with Crippen LogP contribution in [0.1, 0.15) is 12.0 Å². The van der Waals surface area contributed by atoms with E-state index < -0.39 is 0 Å². The molecule has 1 heterocycles. The van der Waals surface area contributed by atoms with Crippen molar-refractivity contribution < 1.29 is 13.9 Å². The summed E-state index contributed by atoms with van der Waals surface area (Å²) in [7, 11) is 8.71. The van der Waals surface area contributed by atoms with Crippen molar-refractivity contribution in [1.82, 2.24) is 10.6 Å². The van der Waals surface area contributed by atoms with Gasteiger partial charge in [-0.2, -0.15) is 0 Å². The summed E-state index contributed by atoms with van der Waals surface area (Å²) in [6, 6.07) is 11.4. The number of anilines is 2. The molecule has 0 saturated carbocycles. The number of ether oxygens (including phenoxy) is 2. The van der Waals surface area contributed by atoms with Crippen LogP contribution in [0.25, 0.3) is 0 Å². The maximum Gasteiger partial charge on any atom is 0.191 e. The Kier molecular flexibility index (Phi) is 9.67. The van der Waals surface area contributed by atoms with Crippen LogP contribution in [-0.4, -0.2) is 60.5 Å². The van der Waals surface area contributed by atoms with E-state index in [9.17, 15) is 4.39 Å². The molecule has 0 aliphatic carbocycles. The van der Waals surface area contributed by atoms with E-state index in [1.54, 1.807) is 38.3 Å². The molecular weight excluding hydrogens is 524 g/mol. The molecule has 7 nitrogen and oxygen atoms in total. The van der Waals surface area contributed by atoms with E-state index >= 15 is 0 Å². The maximum atomic E-state index is 14.2. The average Bonchev–Trinajstić information content (AvgIpc) is 3.24. The summed E-state index contributed by atoms with van der Waals surface area (Å²) in [6.07, 6.45) is 0.979. The summed E-state index contributed by atoms with van der Waals surface area (Å²) in [5.74, 6) is 2.02. The molecule has 1 aliphatic rings. The van der Waals surface area contributed by atoms with E-state index in [4.69, 9.17) is 9.47 Å². The third-order valence-corrected chi connectivity index (χ3v) is 5.41. The predicted octanol–water partition coefficient (Wildman–Crippen LogP) is 3.47. The van der Waals surface area contributed by atoms with Crippen LogP contribution in [-0.2, 0) is 6.54 Å². The van der Waals surface area contributed by atoms with Gasteiger partial charge in [0.25, 0.3) is 0 Å². The number of rotatable bonds is 7. The number of benzene rings is 2. The van der Waals surface area contributed by atoms with Gasteiger partial charge in [-0.1, -0.05) is 6.07 Å². The number of hydrogen-bond acceptors (Lipinski definition) is 5. The van der Waals surface area contributed by atoms with Crippen LogP contribution in [0.15, 0.2) is 41.4 Å². The molecule has 0 amide bonds. The van der Waals surface area contributed by atoms with Crippen LogP contribution in [0.5, 0.6) is 11.5 Å². The van der Waals surface area contributed by atoms with Crippen molar-refractivity contribution in [2.45, 2.75) is 19.0 Å². The van der Waals surface area contributed by atoms with Crippen LogP contribution >= 0.6 is 24.0 Å². The lowest BCUT2D eigenvalue weighted by molar-refractivity contribution is 0.394. The van der Waals surface area contributed by atoms with Gasteiger partial charge in [-0.15, -0.1) is 24.0 Å². The van der Waals surface area contributed by atoms with Crippen LogP contribution in [0.2, 0.25) is 0 Å². The van der Waals surface area contributed by atoms with Gasteiger partial charge in [0.15, 0.2) is 5.96 Å². The molecular formula is C23H33FIN5O2. The molecule has 0 bridgehead atoms. The van der Waals surface area contributed by atoms with Crippen molar-refractivity contribution in [3.63, 3.8) is 0 Å². The fourth-order valence-electron chi connectivity index (χ4n) is 3.68. The van der Waals surface area contributed by atoms with Crippen LogP contribution in [0, 0.1) is 5.82 Å². The second kappa shape index (κ2) is 12.0. The lowest BCUT2D eigenvalue weighted by atomic mass is 10.2. The molecule has 3 rings (SSSR count). The standard InChI is InChI=1S/C23H32FN5O2.HI/c1-25-23(26-14-16-6-7-22(28(2)3)21(24)10-16)27-17-8-9-29(15-17)18-11-19(30-4)13-20(12-18)31-5;/h6-7,10-13,17H,8-9,14-15H2,1-5H3,(H2,25,26,27);1H. The Hall–Kier alpha value is -2.43. The highest BCUT2D eigenvalue weighted by Crippen LogP contribution is 2.30. The second-order valence-electron chi connectivity index (χ2n) is 7.75. The van der Waals surface area contributed by atoms with Gasteiger partial charge in [-0.25, -0.2) is 4.39 Å². The van der Waals surface area contributed by atoms with Crippen LogP contribution in [0.4, 0.5) is 15.8 Å². The third kappa shape index (κ3) is 6.54. The van der Waals surface area contributed by atoms with Crippen LogP contribution in [0.3, 0.4) is 0 Å². The first-order valence-electron chi connectivity index (χ1n) is 10.3. The van der Waals surface area contributed by atoms with Gasteiger partial charge in [0.2, 0.25) is 0 Å². The maximum absolute atomic E-state index is 14.2. The van der Waals surface area contributed by atoms with Gasteiger partial charge < -0.3 is 29.9 Å². The fraction of sp³-hybridized carbons (Fsp3) is 0.435. The normalized spacial score (nSPS) is 15.8. The minimum atomic E-state index is -0.229. The van der Waals surface area contributed by atoms with Crippen molar-refractivity contribution in [2.75, 3.05) is 58.3 Å². The predicted molar refractivity (Wildman–Crippen MR) is 140 cm³/mol. The van der Waals surface area contributed by atoms with Gasteiger partial charge in [-0.05, 0) is 24.1 Å². The molecule has 2 N–H and O–H groups in total. The van der Waals surface area contributed by atoms with E-state index in [0.29, 0.717) is 18.2 Å². The topological polar surface area (TPSA) is 61.4 Å². The first-order valence-corrected chi connectivity index (χ1v) is 10.3. The number of hydrogen-bond donors (Lipinski definition) is 2. The molecule has 1 saturated heterocycles. The molecule has 9 heteroatoms. The summed E-state index contributed by atoms with van der Waals surface area (Å²) in [5, 5.41) is 6.75. The quantitative estimate of drug-likeness (QED) is 0.309. The average molecular weight is 557 g/mol. The monoisotopic (exact) mass is 557 g/mol. The zero-order valence-electron chi connectivity index (χ0n) is 19.3. The molecule has 2 aromatic carbocycles. The number of methoxy groups -OCH3 is 2. The summed E-state index contributed by atoms with van der Waals surface area (Å²) in [4.78, 5) is 8.38. The minimum absolute atomic E-state index is 0. The lowest BCUT2D eigenvalue weighted by Crippen LogP contribution is -2.44. The molecule has 0 radical (unpaired) electrons. The molecule has 1 unspecified atom stereocenters. The summed E-state index contributed by atoms with van der Waals surface area (Å²) in [6.45, 7) is 2.25. The first-order chi connectivity index (χ1) is 14.9. The zero-order chi connectivity index (χ0) is 22.4. The van der Waals surface area contributed by atoms with Gasteiger partial charge in [-0.3, -0.25) is 4.99 Å². The Morgan fingerprint density at radius 3 is 2.41 bits per heavy atom. The van der Waals surface area contributed by atoms with Crippen molar-refractivity contribution in [1.29, 1.82) is 0 Å². The van der Waals surface area contributed by atoms with Gasteiger partial charge >= 0.3 is 0 Å². The van der Waals surface area contributed by atoms with E-state index in [1.807, 2.05) is 38.4 Å². The Morgan fingerprint density at radius 1 is 1.16 bits per heavy atom. The first kappa shape index (κ1) is 25.8. The number of guanidine groups is 1. The number of nitrogens with zero attached hydrogens (tertiary/aromatic N) is 3. The second-order valence-corrected chi connectivity index (χ2v) is 7.75. The van der Waals surface area contributed by atoms with E-state index in [1.165, 1.54) is 0 Å². The summed E-state index contributed by atoms with van der Waals surface area (Å²) < 4.78 is 25.0. The van der Waals surface area contributed by atoms with Crippen LogP contribution < -0.4 is 29.9 Å². The number of aliphatic imine (C=N–C) groups is 1. The minimum Gasteiger partial charge on any atom is -0.497 e. The zero-order valence-corrected chi connectivity index (χ0v) is 21.6. The number of nitrogens with one attached hydrogen (secondary N) is 2. The van der Waals surface area contributed by atoms with Crippen molar-refractivity contribution in [3.05, 3.63) is 47.8 Å². The smallest absolute Gasteiger partial charge is 0.191 e. The summed E-state index contributed by atoms with van der Waals surface area (Å²) >= 11 is 0. The molecule has 1 atom stereocenters. The van der Waals surface area contributed by atoms with Gasteiger partial charge in [0.05, 0.1) is 19.9 Å². The largest absolute Gasteiger partial charge is 0.497 e. The van der Waals surface area contributed by atoms with Crippen molar-refractivity contribution in [3.8, 4) is 11.5 Å². The Labute approximate surface area is 207 Å². The van der Waals surface area contributed by atoms with Gasteiger partial charge in [0, 0.05) is 70.7 Å². The third-order valence-electron chi connectivity index (χ3n) is 5.41. The Balaban J connectivity index is 0.00000363. The molecule has 176 valence electrons. The SMILES string of the molecule is CN=C(NCc1ccc(N(C)C)c(F)c1)NC1CCN(c2cc(OC)cc(OC)c2)C1.I. The van der Waals surface area contributed by atoms with E-state index in [0.717, 1.165) is 42.3 Å². The molecule has 1 aliphatic heterocycles. The molecule has 32 heavy (non-hydrogen) atoms.